The summed E-state index contributed by atoms with van der Waals surface area (Å²) in [5, 5.41) is 1.03. The predicted molar refractivity (Wildman–Crippen MR) is 73.1 cm³/mol. The summed E-state index contributed by atoms with van der Waals surface area (Å²) in [4.78, 5) is 15.9. The molecule has 0 radical (unpaired) electrons. The Morgan fingerprint density at radius 1 is 1.17 bits per heavy atom. The summed E-state index contributed by atoms with van der Waals surface area (Å²) in [6.45, 7) is 0. The molecule has 0 saturated carbocycles. The normalized spacial score (nSPS) is 10.3. The van der Waals surface area contributed by atoms with Gasteiger partial charge in [0.1, 0.15) is 5.82 Å². The van der Waals surface area contributed by atoms with Gasteiger partial charge in [-0.15, -0.1) is 0 Å². The van der Waals surface area contributed by atoms with E-state index in [4.69, 9.17) is 28.9 Å². The van der Waals surface area contributed by atoms with Gasteiger partial charge in [0.15, 0.2) is 5.78 Å². The number of pyridine rings is 1. The third kappa shape index (κ3) is 3.00. The monoisotopic (exact) mass is 280 g/mol. The summed E-state index contributed by atoms with van der Waals surface area (Å²) in [6.07, 6.45) is 1.65. The minimum absolute atomic E-state index is 0.121. The molecule has 0 fully saturated rings. The second kappa shape index (κ2) is 5.38. The van der Waals surface area contributed by atoms with Crippen LogP contribution in [0, 0.1) is 0 Å². The Hall–Kier alpha value is -1.58. The molecule has 2 N–H and O–H groups in total. The van der Waals surface area contributed by atoms with Crippen molar-refractivity contribution in [2.45, 2.75) is 6.42 Å². The zero-order valence-electron chi connectivity index (χ0n) is 9.36. The minimum Gasteiger partial charge on any atom is -0.383 e. The highest BCUT2D eigenvalue weighted by atomic mass is 35.5. The summed E-state index contributed by atoms with van der Waals surface area (Å²) >= 11 is 11.6. The van der Waals surface area contributed by atoms with E-state index in [1.54, 1.807) is 24.3 Å². The van der Waals surface area contributed by atoms with E-state index >= 15 is 0 Å². The summed E-state index contributed by atoms with van der Waals surface area (Å²) in [6, 6.07) is 8.61. The lowest BCUT2D eigenvalue weighted by atomic mass is 10.0. The fraction of sp³-hybridized carbons (Fsp3) is 0.0769. The fourth-order valence-corrected chi connectivity index (χ4v) is 1.84. The first kappa shape index (κ1) is 12.9. The largest absolute Gasteiger partial charge is 0.383 e. The molecule has 0 aliphatic rings. The number of carbonyl (C=O) groups is 1. The van der Waals surface area contributed by atoms with E-state index in [-0.39, 0.29) is 18.0 Å². The van der Waals surface area contributed by atoms with Crippen LogP contribution in [-0.2, 0) is 6.42 Å². The van der Waals surface area contributed by atoms with Gasteiger partial charge in [-0.3, -0.25) is 4.79 Å². The number of halogens is 2. The molecular weight excluding hydrogens is 271 g/mol. The lowest BCUT2D eigenvalue weighted by molar-refractivity contribution is 0.0993. The van der Waals surface area contributed by atoms with E-state index < -0.39 is 0 Å². The van der Waals surface area contributed by atoms with Crippen molar-refractivity contribution in [1.29, 1.82) is 0 Å². The second-order valence-corrected chi connectivity index (χ2v) is 4.69. The summed E-state index contributed by atoms with van der Waals surface area (Å²) in [5.41, 5.74) is 6.87. The molecule has 0 spiro atoms. The van der Waals surface area contributed by atoms with E-state index in [0.717, 1.165) is 5.56 Å². The SMILES string of the molecule is Nc1ncc(Cl)cc1C(=O)Cc1ccc(Cl)cc1. The van der Waals surface area contributed by atoms with Gasteiger partial charge >= 0.3 is 0 Å². The quantitative estimate of drug-likeness (QED) is 0.877. The number of hydrogen-bond acceptors (Lipinski definition) is 3. The van der Waals surface area contributed by atoms with Crippen molar-refractivity contribution in [3.05, 3.63) is 57.7 Å². The molecule has 1 heterocycles. The zero-order valence-corrected chi connectivity index (χ0v) is 10.9. The third-order valence-electron chi connectivity index (χ3n) is 2.46. The minimum atomic E-state index is -0.121. The molecule has 18 heavy (non-hydrogen) atoms. The Labute approximate surface area is 115 Å². The number of hydrogen-bond donors (Lipinski definition) is 1. The highest BCUT2D eigenvalue weighted by Crippen LogP contribution is 2.18. The Kier molecular flexibility index (Phi) is 3.84. The Morgan fingerprint density at radius 2 is 1.83 bits per heavy atom. The molecule has 0 unspecified atom stereocenters. The molecule has 5 heteroatoms. The van der Waals surface area contributed by atoms with Gasteiger partial charge in [0.2, 0.25) is 0 Å². The Balaban J connectivity index is 2.21. The van der Waals surface area contributed by atoms with Crippen LogP contribution < -0.4 is 5.73 Å². The number of Topliss-reactive ketones (excluding diaryl/α,β-unsaturated/α-hetero) is 1. The van der Waals surface area contributed by atoms with Gasteiger partial charge < -0.3 is 5.73 Å². The molecule has 3 nitrogen and oxygen atoms in total. The number of carbonyl (C=O) groups excluding carboxylic acids is 1. The number of rotatable bonds is 3. The third-order valence-corrected chi connectivity index (χ3v) is 2.92. The number of nitrogens with two attached hydrogens (primary N) is 1. The lowest BCUT2D eigenvalue weighted by Crippen LogP contribution is -2.08. The summed E-state index contributed by atoms with van der Waals surface area (Å²) in [7, 11) is 0. The van der Waals surface area contributed by atoms with E-state index in [9.17, 15) is 4.79 Å². The van der Waals surface area contributed by atoms with Gasteiger partial charge in [-0.05, 0) is 23.8 Å². The van der Waals surface area contributed by atoms with E-state index in [2.05, 4.69) is 4.98 Å². The van der Waals surface area contributed by atoms with Crippen LogP contribution in [0.4, 0.5) is 5.82 Å². The van der Waals surface area contributed by atoms with Gasteiger partial charge in [-0.1, -0.05) is 35.3 Å². The molecule has 0 aliphatic heterocycles. The number of benzene rings is 1. The van der Waals surface area contributed by atoms with Crippen LogP contribution in [0.2, 0.25) is 10.0 Å². The maximum Gasteiger partial charge on any atom is 0.170 e. The predicted octanol–water partition coefficient (Wildman–Crippen LogP) is 3.40. The first-order valence-corrected chi connectivity index (χ1v) is 6.00. The molecule has 2 rings (SSSR count). The number of nitrogen functional groups attached to an aromatic ring is 1. The van der Waals surface area contributed by atoms with Crippen LogP contribution in [0.3, 0.4) is 0 Å². The van der Waals surface area contributed by atoms with Crippen molar-refractivity contribution < 1.29 is 4.79 Å². The highest BCUT2D eigenvalue weighted by Gasteiger charge is 2.12. The first-order chi connectivity index (χ1) is 8.56. The molecule has 0 aliphatic carbocycles. The number of ketones is 1. The highest BCUT2D eigenvalue weighted by molar-refractivity contribution is 6.31. The average molecular weight is 281 g/mol. The molecular formula is C13H10Cl2N2O. The van der Waals surface area contributed by atoms with Crippen LogP contribution in [0.1, 0.15) is 15.9 Å². The Morgan fingerprint density at radius 3 is 2.50 bits per heavy atom. The molecule has 0 atom stereocenters. The van der Waals surface area contributed by atoms with Crippen LogP contribution in [0.5, 0.6) is 0 Å². The summed E-state index contributed by atoms with van der Waals surface area (Å²) < 4.78 is 0. The standard InChI is InChI=1S/C13H10Cl2N2O/c14-9-3-1-8(2-4-9)5-12(18)11-6-10(15)7-17-13(11)16/h1-4,6-7H,5H2,(H2,16,17). The van der Waals surface area contributed by atoms with Gasteiger partial charge in [0.05, 0.1) is 10.6 Å². The first-order valence-electron chi connectivity index (χ1n) is 5.25. The molecule has 92 valence electrons. The van der Waals surface area contributed by atoms with Crippen molar-refractivity contribution in [3.63, 3.8) is 0 Å². The summed E-state index contributed by atoms with van der Waals surface area (Å²) in [5.74, 6) is 0.0724. The fourth-order valence-electron chi connectivity index (χ4n) is 1.56. The molecule has 1 aromatic carbocycles. The maximum absolute atomic E-state index is 12.1. The smallest absolute Gasteiger partial charge is 0.170 e. The van der Waals surface area contributed by atoms with Crippen LogP contribution >= 0.6 is 23.2 Å². The molecule has 0 amide bonds. The van der Waals surface area contributed by atoms with Gasteiger partial charge in [0, 0.05) is 17.6 Å². The molecule has 0 bridgehead atoms. The Bertz CT molecular complexity index is 582. The molecule has 2 aromatic rings. The van der Waals surface area contributed by atoms with Crippen molar-refractivity contribution in [1.82, 2.24) is 4.98 Å². The number of anilines is 1. The maximum atomic E-state index is 12.1. The van der Waals surface area contributed by atoms with E-state index in [1.165, 1.54) is 12.3 Å². The van der Waals surface area contributed by atoms with Gasteiger partial charge in [0.25, 0.3) is 0 Å². The van der Waals surface area contributed by atoms with Crippen molar-refractivity contribution in [3.8, 4) is 0 Å². The van der Waals surface area contributed by atoms with Crippen molar-refractivity contribution in [2.24, 2.45) is 0 Å². The average Bonchev–Trinajstić information content (AvgIpc) is 2.35. The van der Waals surface area contributed by atoms with E-state index in [1.807, 2.05) is 0 Å². The second-order valence-electron chi connectivity index (χ2n) is 3.81. The lowest BCUT2D eigenvalue weighted by Gasteiger charge is -2.05. The van der Waals surface area contributed by atoms with E-state index in [0.29, 0.717) is 15.6 Å². The zero-order chi connectivity index (χ0) is 13.1. The number of nitrogens with zero attached hydrogens (tertiary/aromatic N) is 1. The number of aromatic nitrogens is 1. The van der Waals surface area contributed by atoms with Crippen molar-refractivity contribution >= 4 is 34.8 Å². The van der Waals surface area contributed by atoms with Gasteiger partial charge in [-0.25, -0.2) is 4.98 Å². The molecule has 0 saturated heterocycles. The topological polar surface area (TPSA) is 56.0 Å². The van der Waals surface area contributed by atoms with Crippen LogP contribution in [0.25, 0.3) is 0 Å². The van der Waals surface area contributed by atoms with Crippen LogP contribution in [-0.4, -0.2) is 10.8 Å². The van der Waals surface area contributed by atoms with Crippen LogP contribution in [0.15, 0.2) is 36.5 Å². The molecule has 1 aromatic heterocycles. The van der Waals surface area contributed by atoms with Crippen molar-refractivity contribution in [2.75, 3.05) is 5.73 Å². The van der Waals surface area contributed by atoms with Gasteiger partial charge in [-0.2, -0.15) is 0 Å².